The first-order valence-corrected chi connectivity index (χ1v) is 6.91. The quantitative estimate of drug-likeness (QED) is 0.903. The molecule has 1 heterocycles. The lowest BCUT2D eigenvalue weighted by Gasteiger charge is -2.33. The number of para-hydroxylation sites is 1. The van der Waals surface area contributed by atoms with Gasteiger partial charge in [-0.25, -0.2) is 0 Å². The van der Waals surface area contributed by atoms with Gasteiger partial charge in [-0.2, -0.15) is 0 Å². The zero-order chi connectivity index (χ0) is 12.8. The molecule has 1 aromatic carbocycles. The molecule has 0 amide bonds. The van der Waals surface area contributed by atoms with E-state index >= 15 is 0 Å². The van der Waals surface area contributed by atoms with Gasteiger partial charge in [0.15, 0.2) is 0 Å². The lowest BCUT2D eigenvalue weighted by molar-refractivity contribution is 0.147. The van der Waals surface area contributed by atoms with Crippen LogP contribution in [0.15, 0.2) is 30.3 Å². The number of nitrogens with two attached hydrogens (primary N) is 1. The monoisotopic (exact) mass is 284 g/mol. The molecule has 1 saturated heterocycles. The lowest BCUT2D eigenvalue weighted by atomic mass is 9.91. The van der Waals surface area contributed by atoms with Gasteiger partial charge >= 0.3 is 0 Å². The van der Waals surface area contributed by atoms with Crippen LogP contribution in [-0.4, -0.2) is 37.2 Å². The van der Waals surface area contributed by atoms with Crippen molar-refractivity contribution in [2.75, 3.05) is 26.2 Å². The van der Waals surface area contributed by atoms with E-state index in [1.54, 1.807) is 0 Å². The van der Waals surface area contributed by atoms with Gasteiger partial charge in [0.2, 0.25) is 0 Å². The maximum atomic E-state index is 5.95. The highest BCUT2D eigenvalue weighted by Crippen LogP contribution is 2.19. The van der Waals surface area contributed by atoms with Crippen molar-refractivity contribution in [2.24, 2.45) is 11.7 Å². The SMILES string of the molecule is CC(N)C1CCN(CCOc2ccccc2)CC1.Cl. The highest BCUT2D eigenvalue weighted by atomic mass is 35.5. The van der Waals surface area contributed by atoms with Crippen LogP contribution in [0.3, 0.4) is 0 Å². The Kier molecular flexibility index (Phi) is 7.21. The maximum Gasteiger partial charge on any atom is 0.119 e. The predicted molar refractivity (Wildman–Crippen MR) is 82.0 cm³/mol. The zero-order valence-electron chi connectivity index (χ0n) is 11.6. The lowest BCUT2D eigenvalue weighted by Crippen LogP contribution is -2.41. The van der Waals surface area contributed by atoms with Crippen molar-refractivity contribution in [1.29, 1.82) is 0 Å². The molecule has 0 aliphatic carbocycles. The molecule has 3 nitrogen and oxygen atoms in total. The van der Waals surface area contributed by atoms with E-state index < -0.39 is 0 Å². The van der Waals surface area contributed by atoms with Crippen LogP contribution in [0.5, 0.6) is 5.75 Å². The third-order valence-corrected chi connectivity index (χ3v) is 3.80. The van der Waals surface area contributed by atoms with Crippen LogP contribution in [0.2, 0.25) is 0 Å². The molecule has 1 atom stereocenters. The van der Waals surface area contributed by atoms with Crippen molar-refractivity contribution < 1.29 is 4.74 Å². The van der Waals surface area contributed by atoms with Crippen molar-refractivity contribution in [2.45, 2.75) is 25.8 Å². The Labute approximate surface area is 122 Å². The van der Waals surface area contributed by atoms with Gasteiger partial charge in [-0.1, -0.05) is 18.2 Å². The van der Waals surface area contributed by atoms with Gasteiger partial charge in [-0.05, 0) is 50.9 Å². The Morgan fingerprint density at radius 2 is 1.89 bits per heavy atom. The van der Waals surface area contributed by atoms with Crippen molar-refractivity contribution in [3.05, 3.63) is 30.3 Å². The molecule has 1 fully saturated rings. The number of likely N-dealkylation sites (tertiary alicyclic amines) is 1. The van der Waals surface area contributed by atoms with Crippen molar-refractivity contribution >= 4 is 12.4 Å². The number of ether oxygens (including phenoxy) is 1. The molecule has 108 valence electrons. The molecule has 0 bridgehead atoms. The Balaban J connectivity index is 0.00000180. The summed E-state index contributed by atoms with van der Waals surface area (Å²) in [4.78, 5) is 2.47. The number of rotatable bonds is 5. The van der Waals surface area contributed by atoms with Crippen molar-refractivity contribution in [1.82, 2.24) is 4.90 Å². The zero-order valence-corrected chi connectivity index (χ0v) is 12.4. The van der Waals surface area contributed by atoms with E-state index in [0.29, 0.717) is 12.0 Å². The summed E-state index contributed by atoms with van der Waals surface area (Å²) < 4.78 is 5.72. The van der Waals surface area contributed by atoms with Gasteiger partial charge in [0.25, 0.3) is 0 Å². The van der Waals surface area contributed by atoms with E-state index in [1.807, 2.05) is 30.3 Å². The fraction of sp³-hybridized carbons (Fsp3) is 0.600. The fourth-order valence-corrected chi connectivity index (χ4v) is 2.51. The maximum absolute atomic E-state index is 5.95. The highest BCUT2D eigenvalue weighted by Gasteiger charge is 2.21. The van der Waals surface area contributed by atoms with Gasteiger partial charge < -0.3 is 10.5 Å². The van der Waals surface area contributed by atoms with Crippen molar-refractivity contribution in [3.8, 4) is 5.75 Å². The highest BCUT2D eigenvalue weighted by molar-refractivity contribution is 5.85. The average Bonchev–Trinajstić information content (AvgIpc) is 2.40. The molecule has 1 unspecified atom stereocenters. The predicted octanol–water partition coefficient (Wildman–Crippen LogP) is 2.55. The van der Waals surface area contributed by atoms with Crippen LogP contribution >= 0.6 is 12.4 Å². The molecule has 0 saturated carbocycles. The van der Waals surface area contributed by atoms with E-state index in [-0.39, 0.29) is 12.4 Å². The second-order valence-electron chi connectivity index (χ2n) is 5.20. The minimum atomic E-state index is 0. The number of benzene rings is 1. The second kappa shape index (κ2) is 8.41. The van der Waals surface area contributed by atoms with Crippen LogP contribution < -0.4 is 10.5 Å². The van der Waals surface area contributed by atoms with E-state index in [1.165, 1.54) is 12.8 Å². The summed E-state index contributed by atoms with van der Waals surface area (Å²) in [6, 6.07) is 10.4. The standard InChI is InChI=1S/C15H24N2O.ClH/c1-13(16)14-7-9-17(10-8-14)11-12-18-15-5-3-2-4-6-15;/h2-6,13-14H,7-12,16H2,1H3;1H. The Morgan fingerprint density at radius 1 is 1.26 bits per heavy atom. The smallest absolute Gasteiger partial charge is 0.119 e. The third-order valence-electron chi connectivity index (χ3n) is 3.80. The van der Waals surface area contributed by atoms with Gasteiger partial charge in [0, 0.05) is 12.6 Å². The molecule has 4 heteroatoms. The van der Waals surface area contributed by atoms with Crippen molar-refractivity contribution in [3.63, 3.8) is 0 Å². The van der Waals surface area contributed by atoms with E-state index in [2.05, 4.69) is 11.8 Å². The minimum absolute atomic E-state index is 0. The third kappa shape index (κ3) is 5.39. The van der Waals surface area contributed by atoms with Crippen LogP contribution in [0, 0.1) is 5.92 Å². The van der Waals surface area contributed by atoms with E-state index in [9.17, 15) is 0 Å². The summed E-state index contributed by atoms with van der Waals surface area (Å²) in [5.41, 5.74) is 5.95. The molecule has 0 spiro atoms. The minimum Gasteiger partial charge on any atom is -0.492 e. The molecule has 2 rings (SSSR count). The summed E-state index contributed by atoms with van der Waals surface area (Å²) in [7, 11) is 0. The van der Waals surface area contributed by atoms with Gasteiger partial charge in [-0.15, -0.1) is 12.4 Å². The first kappa shape index (κ1) is 16.3. The number of hydrogen-bond donors (Lipinski definition) is 1. The summed E-state index contributed by atoms with van der Waals surface area (Å²) in [5, 5.41) is 0. The molecule has 19 heavy (non-hydrogen) atoms. The Morgan fingerprint density at radius 3 is 2.47 bits per heavy atom. The van der Waals surface area contributed by atoms with Gasteiger partial charge in [0.05, 0.1) is 0 Å². The second-order valence-corrected chi connectivity index (χ2v) is 5.20. The average molecular weight is 285 g/mol. The summed E-state index contributed by atoms with van der Waals surface area (Å²) in [6.07, 6.45) is 2.45. The fourth-order valence-electron chi connectivity index (χ4n) is 2.51. The first-order chi connectivity index (χ1) is 8.75. The molecule has 1 aromatic rings. The molecule has 0 radical (unpaired) electrons. The molecule has 1 aliphatic heterocycles. The normalized spacial score (nSPS) is 18.6. The van der Waals surface area contributed by atoms with E-state index in [0.717, 1.165) is 32.0 Å². The molecule has 1 aliphatic rings. The summed E-state index contributed by atoms with van der Waals surface area (Å²) in [6.45, 7) is 6.22. The Bertz CT molecular complexity index is 337. The topological polar surface area (TPSA) is 38.5 Å². The largest absolute Gasteiger partial charge is 0.492 e. The molecular weight excluding hydrogens is 260 g/mol. The van der Waals surface area contributed by atoms with Crippen LogP contribution in [0.1, 0.15) is 19.8 Å². The molecule has 2 N–H and O–H groups in total. The molecular formula is C15H25ClN2O. The van der Waals surface area contributed by atoms with E-state index in [4.69, 9.17) is 10.5 Å². The number of nitrogens with zero attached hydrogens (tertiary/aromatic N) is 1. The summed E-state index contributed by atoms with van der Waals surface area (Å²) >= 11 is 0. The first-order valence-electron chi connectivity index (χ1n) is 6.91. The molecule has 0 aromatic heterocycles. The van der Waals surface area contributed by atoms with Gasteiger partial charge in [0.1, 0.15) is 12.4 Å². The number of hydrogen-bond acceptors (Lipinski definition) is 3. The van der Waals surface area contributed by atoms with Gasteiger partial charge in [-0.3, -0.25) is 4.90 Å². The summed E-state index contributed by atoms with van der Waals surface area (Å²) in [5.74, 6) is 1.67. The van der Waals surface area contributed by atoms with Crippen LogP contribution in [0.4, 0.5) is 0 Å². The number of piperidine rings is 1. The Hall–Kier alpha value is -0.770. The van der Waals surface area contributed by atoms with Crippen LogP contribution in [0.25, 0.3) is 0 Å². The van der Waals surface area contributed by atoms with Crippen LogP contribution in [-0.2, 0) is 0 Å². The number of halogens is 1.